The lowest BCUT2D eigenvalue weighted by atomic mass is 10.1. The zero-order valence-corrected chi connectivity index (χ0v) is 10.1. The fraction of sp³-hybridized carbons (Fsp3) is 0.417. The molecule has 0 spiro atoms. The summed E-state index contributed by atoms with van der Waals surface area (Å²) in [5.74, 6) is 1.56. The SMILES string of the molecule is O=C(Cl)NCCc1ccc2c(c1)OCCCO2. The summed E-state index contributed by atoms with van der Waals surface area (Å²) in [5, 5.41) is 2.01. The molecule has 1 N–H and O–H groups in total. The van der Waals surface area contributed by atoms with E-state index in [2.05, 4.69) is 5.32 Å². The second-order valence-electron chi connectivity index (χ2n) is 3.78. The number of hydrogen-bond donors (Lipinski definition) is 1. The highest BCUT2D eigenvalue weighted by Crippen LogP contribution is 2.30. The van der Waals surface area contributed by atoms with Crippen LogP contribution in [0, 0.1) is 0 Å². The maximum absolute atomic E-state index is 10.5. The molecule has 0 atom stereocenters. The van der Waals surface area contributed by atoms with Crippen LogP contribution in [0.5, 0.6) is 11.5 Å². The largest absolute Gasteiger partial charge is 0.490 e. The highest BCUT2D eigenvalue weighted by molar-refractivity contribution is 6.62. The minimum absolute atomic E-state index is 0.516. The van der Waals surface area contributed by atoms with Crippen molar-refractivity contribution in [3.8, 4) is 11.5 Å². The Labute approximate surface area is 105 Å². The van der Waals surface area contributed by atoms with Crippen LogP contribution in [0.25, 0.3) is 0 Å². The average molecular weight is 256 g/mol. The molecular formula is C12H14ClNO3. The van der Waals surface area contributed by atoms with Crippen LogP contribution >= 0.6 is 11.6 Å². The maximum atomic E-state index is 10.5. The zero-order chi connectivity index (χ0) is 12.1. The highest BCUT2D eigenvalue weighted by atomic mass is 35.5. The van der Waals surface area contributed by atoms with Gasteiger partial charge < -0.3 is 14.8 Å². The minimum Gasteiger partial charge on any atom is -0.490 e. The molecule has 1 aliphatic heterocycles. The zero-order valence-electron chi connectivity index (χ0n) is 9.37. The topological polar surface area (TPSA) is 47.6 Å². The minimum atomic E-state index is -0.528. The molecule has 0 fully saturated rings. The number of amides is 1. The van der Waals surface area contributed by atoms with E-state index in [4.69, 9.17) is 21.1 Å². The number of ether oxygens (including phenoxy) is 2. The lowest BCUT2D eigenvalue weighted by Gasteiger charge is -2.09. The van der Waals surface area contributed by atoms with Crippen molar-refractivity contribution in [3.63, 3.8) is 0 Å². The Morgan fingerprint density at radius 3 is 2.82 bits per heavy atom. The van der Waals surface area contributed by atoms with Gasteiger partial charge in [-0.2, -0.15) is 0 Å². The first-order valence-electron chi connectivity index (χ1n) is 5.57. The number of nitrogens with one attached hydrogen (secondary N) is 1. The Morgan fingerprint density at radius 1 is 1.29 bits per heavy atom. The van der Waals surface area contributed by atoms with E-state index in [-0.39, 0.29) is 0 Å². The second kappa shape index (κ2) is 5.77. The van der Waals surface area contributed by atoms with Gasteiger partial charge in [0.05, 0.1) is 13.2 Å². The van der Waals surface area contributed by atoms with E-state index in [0.29, 0.717) is 19.8 Å². The Hall–Kier alpha value is -1.42. The summed E-state index contributed by atoms with van der Waals surface area (Å²) in [6.07, 6.45) is 1.61. The van der Waals surface area contributed by atoms with Gasteiger partial charge in [0.1, 0.15) is 0 Å². The fourth-order valence-corrected chi connectivity index (χ4v) is 1.76. The van der Waals surface area contributed by atoms with Gasteiger partial charge in [0, 0.05) is 13.0 Å². The summed E-state index contributed by atoms with van der Waals surface area (Å²) in [4.78, 5) is 10.5. The number of hydrogen-bond acceptors (Lipinski definition) is 3. The molecule has 0 aliphatic carbocycles. The predicted octanol–water partition coefficient (Wildman–Crippen LogP) is 2.34. The molecule has 5 heteroatoms. The van der Waals surface area contributed by atoms with Gasteiger partial charge in [-0.15, -0.1) is 0 Å². The van der Waals surface area contributed by atoms with Crippen molar-refractivity contribution < 1.29 is 14.3 Å². The van der Waals surface area contributed by atoms with E-state index in [0.717, 1.165) is 29.9 Å². The van der Waals surface area contributed by atoms with E-state index in [1.165, 1.54) is 0 Å². The van der Waals surface area contributed by atoms with Gasteiger partial charge in [0.15, 0.2) is 11.5 Å². The molecule has 0 radical (unpaired) electrons. The Bertz CT molecular complexity index is 409. The summed E-state index contributed by atoms with van der Waals surface area (Å²) < 4.78 is 11.1. The smallest absolute Gasteiger partial charge is 0.313 e. The third-order valence-corrected chi connectivity index (χ3v) is 2.62. The molecule has 2 rings (SSSR count). The molecule has 0 aromatic heterocycles. The van der Waals surface area contributed by atoms with Crippen LogP contribution in [-0.2, 0) is 6.42 Å². The molecule has 0 unspecified atom stereocenters. The van der Waals surface area contributed by atoms with E-state index in [1.807, 2.05) is 18.2 Å². The molecule has 1 amide bonds. The Balaban J connectivity index is 1.99. The lowest BCUT2D eigenvalue weighted by Crippen LogP contribution is -2.19. The van der Waals surface area contributed by atoms with Crippen molar-refractivity contribution in [2.24, 2.45) is 0 Å². The van der Waals surface area contributed by atoms with Crippen LogP contribution in [0.15, 0.2) is 18.2 Å². The van der Waals surface area contributed by atoms with Crippen LogP contribution in [0.2, 0.25) is 0 Å². The Kier molecular flexibility index (Phi) is 4.09. The van der Waals surface area contributed by atoms with Crippen LogP contribution in [-0.4, -0.2) is 25.1 Å². The highest BCUT2D eigenvalue weighted by Gasteiger charge is 2.10. The third kappa shape index (κ3) is 3.53. The normalized spacial score (nSPS) is 13.9. The summed E-state index contributed by atoms with van der Waals surface area (Å²) >= 11 is 5.19. The average Bonchev–Trinajstić information content (AvgIpc) is 2.53. The molecule has 1 aromatic carbocycles. The lowest BCUT2D eigenvalue weighted by molar-refractivity contribution is 0.260. The van der Waals surface area contributed by atoms with E-state index >= 15 is 0 Å². The summed E-state index contributed by atoms with van der Waals surface area (Å²) in [6.45, 7) is 1.88. The standard InChI is InChI=1S/C12H14ClNO3/c13-12(15)14-5-4-9-2-3-10-11(8-9)17-7-1-6-16-10/h2-3,8H,1,4-7H2,(H,14,15). The van der Waals surface area contributed by atoms with Gasteiger partial charge in [-0.3, -0.25) is 4.79 Å². The molecule has 0 saturated carbocycles. The molecule has 1 aromatic rings. The number of carbonyl (C=O) groups is 1. The first-order chi connectivity index (χ1) is 8.25. The molecule has 0 bridgehead atoms. The monoisotopic (exact) mass is 255 g/mol. The van der Waals surface area contributed by atoms with Crippen LogP contribution in [0.4, 0.5) is 4.79 Å². The number of halogens is 1. The van der Waals surface area contributed by atoms with Crippen molar-refractivity contribution in [2.45, 2.75) is 12.8 Å². The number of fused-ring (bicyclic) bond motifs is 1. The van der Waals surface area contributed by atoms with E-state index < -0.39 is 5.37 Å². The molecule has 1 heterocycles. The van der Waals surface area contributed by atoms with E-state index in [9.17, 15) is 4.79 Å². The molecule has 4 nitrogen and oxygen atoms in total. The van der Waals surface area contributed by atoms with Gasteiger partial charge in [0.2, 0.25) is 0 Å². The van der Waals surface area contributed by atoms with Crippen LogP contribution in [0.3, 0.4) is 0 Å². The first-order valence-corrected chi connectivity index (χ1v) is 5.95. The Morgan fingerprint density at radius 2 is 2.06 bits per heavy atom. The van der Waals surface area contributed by atoms with Crippen molar-refractivity contribution >= 4 is 17.0 Å². The quantitative estimate of drug-likeness (QED) is 0.666. The predicted molar refractivity (Wildman–Crippen MR) is 65.0 cm³/mol. The molecule has 92 valence electrons. The summed E-state index contributed by atoms with van der Waals surface area (Å²) in [6, 6.07) is 5.81. The van der Waals surface area contributed by atoms with Crippen LogP contribution < -0.4 is 14.8 Å². The summed E-state index contributed by atoms with van der Waals surface area (Å²) in [7, 11) is 0. The van der Waals surface area contributed by atoms with Gasteiger partial charge >= 0.3 is 5.37 Å². The first kappa shape index (κ1) is 12.0. The van der Waals surface area contributed by atoms with Crippen molar-refractivity contribution in [2.75, 3.05) is 19.8 Å². The molecule has 17 heavy (non-hydrogen) atoms. The van der Waals surface area contributed by atoms with Crippen LogP contribution in [0.1, 0.15) is 12.0 Å². The van der Waals surface area contributed by atoms with Crippen molar-refractivity contribution in [1.82, 2.24) is 5.32 Å². The number of benzene rings is 1. The molecule has 1 aliphatic rings. The fourth-order valence-electron chi connectivity index (χ4n) is 1.67. The van der Waals surface area contributed by atoms with Gasteiger partial charge in [-0.05, 0) is 35.7 Å². The van der Waals surface area contributed by atoms with Crippen molar-refractivity contribution in [1.29, 1.82) is 0 Å². The van der Waals surface area contributed by atoms with E-state index in [1.54, 1.807) is 0 Å². The number of rotatable bonds is 3. The second-order valence-corrected chi connectivity index (χ2v) is 4.13. The van der Waals surface area contributed by atoms with Gasteiger partial charge in [-0.25, -0.2) is 0 Å². The summed E-state index contributed by atoms with van der Waals surface area (Å²) in [5.41, 5.74) is 1.08. The molecular weight excluding hydrogens is 242 g/mol. The van der Waals surface area contributed by atoms with Gasteiger partial charge in [0.25, 0.3) is 0 Å². The maximum Gasteiger partial charge on any atom is 0.313 e. The van der Waals surface area contributed by atoms with Gasteiger partial charge in [-0.1, -0.05) is 6.07 Å². The molecule has 0 saturated heterocycles. The number of carbonyl (C=O) groups excluding carboxylic acids is 1. The third-order valence-electron chi connectivity index (χ3n) is 2.49. The van der Waals surface area contributed by atoms with Crippen molar-refractivity contribution in [3.05, 3.63) is 23.8 Å².